The van der Waals surface area contributed by atoms with E-state index in [2.05, 4.69) is 17.4 Å². The van der Waals surface area contributed by atoms with E-state index in [4.69, 9.17) is 10.8 Å². The third kappa shape index (κ3) is 3.68. The molecule has 0 amide bonds. The number of nitrogens with one attached hydrogen (secondary N) is 1. The van der Waals surface area contributed by atoms with Gasteiger partial charge in [0.25, 0.3) is 0 Å². The van der Waals surface area contributed by atoms with Crippen LogP contribution in [-0.4, -0.2) is 18.3 Å². The molecule has 0 unspecified atom stereocenters. The van der Waals surface area contributed by atoms with E-state index >= 15 is 0 Å². The number of aliphatic hydroxyl groups excluding tert-OH is 1. The minimum atomic E-state index is 0.141. The molecule has 4 heteroatoms. The van der Waals surface area contributed by atoms with Gasteiger partial charge in [0.15, 0.2) is 0 Å². The summed E-state index contributed by atoms with van der Waals surface area (Å²) in [5, 5.41) is 11.8. The molecule has 18 heavy (non-hydrogen) atoms. The highest BCUT2D eigenvalue weighted by molar-refractivity contribution is 7.99. The normalized spacial score (nSPS) is 10.3. The van der Waals surface area contributed by atoms with Gasteiger partial charge in [0.2, 0.25) is 0 Å². The maximum absolute atomic E-state index is 8.72. The van der Waals surface area contributed by atoms with Gasteiger partial charge in [-0.25, -0.2) is 0 Å². The first-order valence-electron chi connectivity index (χ1n) is 5.76. The molecule has 2 aromatic carbocycles. The van der Waals surface area contributed by atoms with Crippen LogP contribution in [0.4, 0.5) is 11.4 Å². The molecule has 0 aromatic heterocycles. The molecule has 4 N–H and O–H groups in total. The molecule has 0 atom stereocenters. The van der Waals surface area contributed by atoms with Crippen molar-refractivity contribution in [3.63, 3.8) is 0 Å². The van der Waals surface area contributed by atoms with E-state index in [1.54, 1.807) is 11.8 Å². The molecule has 0 aliphatic heterocycles. The molecule has 94 valence electrons. The SMILES string of the molecule is Nc1ccc(Sc2ccc(NCCO)cc2)cc1. The summed E-state index contributed by atoms with van der Waals surface area (Å²) in [7, 11) is 0. The highest BCUT2D eigenvalue weighted by atomic mass is 32.2. The van der Waals surface area contributed by atoms with E-state index < -0.39 is 0 Å². The van der Waals surface area contributed by atoms with Crippen LogP contribution in [0.25, 0.3) is 0 Å². The van der Waals surface area contributed by atoms with Crippen molar-refractivity contribution < 1.29 is 5.11 Å². The third-order valence-electron chi connectivity index (χ3n) is 2.41. The Balaban J connectivity index is 1.99. The van der Waals surface area contributed by atoms with Gasteiger partial charge in [-0.1, -0.05) is 11.8 Å². The zero-order valence-corrected chi connectivity index (χ0v) is 10.8. The first kappa shape index (κ1) is 12.8. The van der Waals surface area contributed by atoms with Gasteiger partial charge in [-0.15, -0.1) is 0 Å². The van der Waals surface area contributed by atoms with Gasteiger partial charge in [-0.2, -0.15) is 0 Å². The largest absolute Gasteiger partial charge is 0.399 e. The fraction of sp³-hybridized carbons (Fsp3) is 0.143. The van der Waals surface area contributed by atoms with Crippen molar-refractivity contribution in [2.24, 2.45) is 0 Å². The Hall–Kier alpha value is -1.65. The highest BCUT2D eigenvalue weighted by Gasteiger charge is 1.98. The first-order valence-corrected chi connectivity index (χ1v) is 6.58. The van der Waals surface area contributed by atoms with Crippen LogP contribution in [-0.2, 0) is 0 Å². The van der Waals surface area contributed by atoms with Crippen LogP contribution in [0.2, 0.25) is 0 Å². The second-order valence-electron chi connectivity index (χ2n) is 3.85. The number of nitrogen functional groups attached to an aromatic ring is 1. The number of aliphatic hydroxyl groups is 1. The van der Waals surface area contributed by atoms with Gasteiger partial charge in [-0.05, 0) is 48.5 Å². The molecule has 0 heterocycles. The Morgan fingerprint density at radius 2 is 1.50 bits per heavy atom. The topological polar surface area (TPSA) is 58.3 Å². The quantitative estimate of drug-likeness (QED) is 0.724. The Labute approximate surface area is 111 Å². The fourth-order valence-corrected chi connectivity index (χ4v) is 2.33. The van der Waals surface area contributed by atoms with Crippen LogP contribution in [0.3, 0.4) is 0 Å². The second-order valence-corrected chi connectivity index (χ2v) is 4.99. The number of nitrogens with two attached hydrogens (primary N) is 1. The van der Waals surface area contributed by atoms with E-state index in [1.165, 1.54) is 9.79 Å². The van der Waals surface area contributed by atoms with E-state index in [9.17, 15) is 0 Å². The Morgan fingerprint density at radius 1 is 0.944 bits per heavy atom. The minimum Gasteiger partial charge on any atom is -0.399 e. The smallest absolute Gasteiger partial charge is 0.0604 e. The standard InChI is InChI=1S/C14H16N2OS/c15-11-1-5-13(6-2-11)18-14-7-3-12(4-8-14)16-9-10-17/h1-8,16-17H,9-10,15H2. The summed E-state index contributed by atoms with van der Waals surface area (Å²) in [5.41, 5.74) is 7.45. The van der Waals surface area contributed by atoms with Crippen molar-refractivity contribution in [3.8, 4) is 0 Å². The number of hydrogen-bond acceptors (Lipinski definition) is 4. The van der Waals surface area contributed by atoms with Crippen LogP contribution in [0.15, 0.2) is 58.3 Å². The van der Waals surface area contributed by atoms with Crippen LogP contribution in [0.1, 0.15) is 0 Å². The summed E-state index contributed by atoms with van der Waals surface area (Å²) in [6.45, 7) is 0.715. The van der Waals surface area contributed by atoms with E-state index in [-0.39, 0.29) is 6.61 Å². The maximum atomic E-state index is 8.72. The van der Waals surface area contributed by atoms with Crippen molar-refractivity contribution in [2.45, 2.75) is 9.79 Å². The van der Waals surface area contributed by atoms with E-state index in [0.717, 1.165) is 11.4 Å². The van der Waals surface area contributed by atoms with Crippen LogP contribution >= 0.6 is 11.8 Å². The van der Waals surface area contributed by atoms with E-state index in [0.29, 0.717) is 6.54 Å². The molecule has 2 aromatic rings. The molecule has 0 fully saturated rings. The Bertz CT molecular complexity index is 482. The summed E-state index contributed by atoms with van der Waals surface area (Å²) >= 11 is 1.70. The van der Waals surface area contributed by atoms with Crippen LogP contribution in [0.5, 0.6) is 0 Å². The lowest BCUT2D eigenvalue weighted by molar-refractivity contribution is 0.311. The number of hydrogen-bond donors (Lipinski definition) is 3. The monoisotopic (exact) mass is 260 g/mol. The summed E-state index contributed by atoms with van der Waals surface area (Å²) in [6.07, 6.45) is 0. The minimum absolute atomic E-state index is 0.141. The van der Waals surface area contributed by atoms with Crippen molar-refractivity contribution in [3.05, 3.63) is 48.5 Å². The molecule has 3 nitrogen and oxygen atoms in total. The molecule has 0 spiro atoms. The lowest BCUT2D eigenvalue weighted by atomic mass is 10.3. The van der Waals surface area contributed by atoms with Crippen LogP contribution in [0, 0.1) is 0 Å². The number of anilines is 2. The van der Waals surface area contributed by atoms with Crippen molar-refractivity contribution in [1.29, 1.82) is 0 Å². The molecule has 2 rings (SSSR count). The average molecular weight is 260 g/mol. The summed E-state index contributed by atoms with van der Waals surface area (Å²) in [6, 6.07) is 16.0. The first-order chi connectivity index (χ1) is 8.78. The fourth-order valence-electron chi connectivity index (χ4n) is 1.51. The van der Waals surface area contributed by atoms with Crippen molar-refractivity contribution in [1.82, 2.24) is 0 Å². The molecule has 0 radical (unpaired) electrons. The predicted molar refractivity (Wildman–Crippen MR) is 77.0 cm³/mol. The molecule has 0 bridgehead atoms. The molecular formula is C14H16N2OS. The zero-order chi connectivity index (χ0) is 12.8. The molecule has 0 saturated heterocycles. The third-order valence-corrected chi connectivity index (χ3v) is 3.43. The Kier molecular flexibility index (Phi) is 4.50. The van der Waals surface area contributed by atoms with Crippen LogP contribution < -0.4 is 11.1 Å². The highest BCUT2D eigenvalue weighted by Crippen LogP contribution is 2.28. The molecular weight excluding hydrogens is 244 g/mol. The molecule has 0 aliphatic rings. The number of benzene rings is 2. The zero-order valence-electron chi connectivity index (χ0n) is 9.97. The van der Waals surface area contributed by atoms with E-state index in [1.807, 2.05) is 36.4 Å². The summed E-state index contributed by atoms with van der Waals surface area (Å²) in [5.74, 6) is 0. The number of rotatable bonds is 5. The average Bonchev–Trinajstić information content (AvgIpc) is 2.41. The van der Waals surface area contributed by atoms with Gasteiger partial charge in [-0.3, -0.25) is 0 Å². The van der Waals surface area contributed by atoms with Gasteiger partial charge < -0.3 is 16.2 Å². The molecule has 0 aliphatic carbocycles. The van der Waals surface area contributed by atoms with Gasteiger partial charge in [0.05, 0.1) is 6.61 Å². The predicted octanol–water partition coefficient (Wildman–Crippen LogP) is 2.82. The maximum Gasteiger partial charge on any atom is 0.0604 e. The van der Waals surface area contributed by atoms with Gasteiger partial charge >= 0.3 is 0 Å². The van der Waals surface area contributed by atoms with Crippen molar-refractivity contribution in [2.75, 3.05) is 24.2 Å². The Morgan fingerprint density at radius 3 is 2.06 bits per heavy atom. The lowest BCUT2D eigenvalue weighted by Crippen LogP contribution is -2.04. The molecule has 0 saturated carbocycles. The summed E-state index contributed by atoms with van der Waals surface area (Å²) in [4.78, 5) is 2.34. The van der Waals surface area contributed by atoms with Gasteiger partial charge in [0.1, 0.15) is 0 Å². The second kappa shape index (κ2) is 6.33. The van der Waals surface area contributed by atoms with Gasteiger partial charge in [0, 0.05) is 27.7 Å². The van der Waals surface area contributed by atoms with Crippen molar-refractivity contribution >= 4 is 23.1 Å². The lowest BCUT2D eigenvalue weighted by Gasteiger charge is -2.06. The summed E-state index contributed by atoms with van der Waals surface area (Å²) < 4.78 is 0.